The van der Waals surface area contributed by atoms with E-state index in [0.29, 0.717) is 12.3 Å². The van der Waals surface area contributed by atoms with Crippen LogP contribution < -0.4 is 10.5 Å². The van der Waals surface area contributed by atoms with Crippen molar-refractivity contribution in [3.05, 3.63) is 42.1 Å². The molecule has 0 bridgehead atoms. The van der Waals surface area contributed by atoms with Crippen molar-refractivity contribution in [3.8, 4) is 17.0 Å². The monoisotopic (exact) mass is 228 g/mol. The molecule has 0 saturated carbocycles. The molecule has 17 heavy (non-hydrogen) atoms. The molecular formula is C14H16N2O. The van der Waals surface area contributed by atoms with Gasteiger partial charge in [-0.1, -0.05) is 12.1 Å². The summed E-state index contributed by atoms with van der Waals surface area (Å²) < 4.78 is 5.46. The average molecular weight is 228 g/mol. The molecule has 0 amide bonds. The summed E-state index contributed by atoms with van der Waals surface area (Å²) >= 11 is 0. The van der Waals surface area contributed by atoms with E-state index >= 15 is 0 Å². The molecule has 0 aliphatic rings. The molecule has 0 radical (unpaired) electrons. The maximum Gasteiger partial charge on any atom is 0.119 e. The highest BCUT2D eigenvalue weighted by Gasteiger charge is 2.05. The number of hydrogen-bond acceptors (Lipinski definition) is 3. The first-order valence-electron chi connectivity index (χ1n) is 5.66. The number of nitrogen functional groups attached to an aromatic ring is 1. The van der Waals surface area contributed by atoms with Gasteiger partial charge in [0.1, 0.15) is 5.75 Å². The zero-order chi connectivity index (χ0) is 12.3. The normalized spacial score (nSPS) is 10.2. The summed E-state index contributed by atoms with van der Waals surface area (Å²) in [4.78, 5) is 4.37. The number of ether oxygens (including phenoxy) is 1. The number of hydrogen-bond donors (Lipinski definition) is 1. The maximum atomic E-state index is 5.97. The number of pyridine rings is 1. The Kier molecular flexibility index (Phi) is 3.28. The fourth-order valence-electron chi connectivity index (χ4n) is 1.73. The maximum absolute atomic E-state index is 5.97. The summed E-state index contributed by atoms with van der Waals surface area (Å²) in [7, 11) is 0. The molecule has 1 aromatic heterocycles. The van der Waals surface area contributed by atoms with Crippen LogP contribution in [0.1, 0.15) is 12.5 Å². The third kappa shape index (κ3) is 2.56. The van der Waals surface area contributed by atoms with E-state index in [0.717, 1.165) is 22.6 Å². The van der Waals surface area contributed by atoms with Gasteiger partial charge in [0, 0.05) is 11.8 Å². The Morgan fingerprint density at radius 3 is 2.82 bits per heavy atom. The van der Waals surface area contributed by atoms with Gasteiger partial charge in [-0.15, -0.1) is 0 Å². The Balaban J connectivity index is 2.42. The lowest BCUT2D eigenvalue weighted by atomic mass is 10.1. The van der Waals surface area contributed by atoms with Crippen LogP contribution in [0.3, 0.4) is 0 Å². The Bertz CT molecular complexity index is 523. The minimum absolute atomic E-state index is 0.653. The Hall–Kier alpha value is -2.03. The fourth-order valence-corrected chi connectivity index (χ4v) is 1.73. The predicted molar refractivity (Wildman–Crippen MR) is 70.0 cm³/mol. The third-order valence-corrected chi connectivity index (χ3v) is 2.47. The number of anilines is 1. The van der Waals surface area contributed by atoms with Crippen molar-refractivity contribution < 1.29 is 4.74 Å². The molecule has 3 nitrogen and oxygen atoms in total. The molecule has 2 N–H and O–H groups in total. The van der Waals surface area contributed by atoms with E-state index in [9.17, 15) is 0 Å². The minimum Gasteiger partial charge on any atom is -0.494 e. The van der Waals surface area contributed by atoms with E-state index < -0.39 is 0 Å². The highest BCUT2D eigenvalue weighted by Crippen LogP contribution is 2.27. The zero-order valence-electron chi connectivity index (χ0n) is 10.1. The van der Waals surface area contributed by atoms with E-state index in [2.05, 4.69) is 4.98 Å². The zero-order valence-corrected chi connectivity index (χ0v) is 10.1. The second-order valence-corrected chi connectivity index (χ2v) is 3.91. The van der Waals surface area contributed by atoms with Crippen LogP contribution in [0, 0.1) is 6.92 Å². The molecule has 2 rings (SSSR count). The quantitative estimate of drug-likeness (QED) is 0.878. The van der Waals surface area contributed by atoms with Crippen molar-refractivity contribution in [1.29, 1.82) is 0 Å². The molecule has 0 aliphatic heterocycles. The molecule has 1 aromatic carbocycles. The molecule has 0 atom stereocenters. The number of aryl methyl sites for hydroxylation is 1. The molecule has 2 aromatic rings. The molecule has 3 heteroatoms. The van der Waals surface area contributed by atoms with Gasteiger partial charge in [-0.3, -0.25) is 4.98 Å². The number of nitrogens with two attached hydrogens (primary N) is 1. The lowest BCUT2D eigenvalue weighted by Crippen LogP contribution is -1.95. The largest absolute Gasteiger partial charge is 0.494 e. The Morgan fingerprint density at radius 1 is 1.29 bits per heavy atom. The van der Waals surface area contributed by atoms with Crippen molar-refractivity contribution in [2.75, 3.05) is 12.3 Å². The van der Waals surface area contributed by atoms with Gasteiger partial charge >= 0.3 is 0 Å². The summed E-state index contributed by atoms with van der Waals surface area (Å²) in [6, 6.07) is 9.74. The summed E-state index contributed by atoms with van der Waals surface area (Å²) in [6.45, 7) is 4.59. The second kappa shape index (κ2) is 4.87. The molecule has 88 valence electrons. The molecule has 0 fully saturated rings. The first-order chi connectivity index (χ1) is 8.20. The van der Waals surface area contributed by atoms with Crippen molar-refractivity contribution in [2.45, 2.75) is 13.8 Å². The van der Waals surface area contributed by atoms with Crippen molar-refractivity contribution in [3.63, 3.8) is 0 Å². The highest BCUT2D eigenvalue weighted by molar-refractivity contribution is 5.73. The van der Waals surface area contributed by atoms with Gasteiger partial charge in [0.25, 0.3) is 0 Å². The minimum atomic E-state index is 0.653. The van der Waals surface area contributed by atoms with Gasteiger partial charge in [0.15, 0.2) is 0 Å². The lowest BCUT2D eigenvalue weighted by Gasteiger charge is -2.08. The number of rotatable bonds is 3. The van der Waals surface area contributed by atoms with Crippen LogP contribution in [-0.4, -0.2) is 11.6 Å². The van der Waals surface area contributed by atoms with Gasteiger partial charge in [0.05, 0.1) is 18.0 Å². The van der Waals surface area contributed by atoms with Gasteiger partial charge in [-0.2, -0.15) is 0 Å². The fraction of sp³-hybridized carbons (Fsp3) is 0.214. The van der Waals surface area contributed by atoms with Crippen LogP contribution in [-0.2, 0) is 0 Å². The van der Waals surface area contributed by atoms with Gasteiger partial charge < -0.3 is 10.5 Å². The van der Waals surface area contributed by atoms with Crippen LogP contribution in [0.2, 0.25) is 0 Å². The predicted octanol–water partition coefficient (Wildman–Crippen LogP) is 3.04. The van der Waals surface area contributed by atoms with E-state index in [-0.39, 0.29) is 0 Å². The van der Waals surface area contributed by atoms with Crippen molar-refractivity contribution in [1.82, 2.24) is 4.98 Å². The highest BCUT2D eigenvalue weighted by atomic mass is 16.5. The first-order valence-corrected chi connectivity index (χ1v) is 5.66. The van der Waals surface area contributed by atoms with Crippen LogP contribution in [0.15, 0.2) is 36.5 Å². The molecule has 0 spiro atoms. The van der Waals surface area contributed by atoms with Gasteiger partial charge in [-0.05, 0) is 37.6 Å². The van der Waals surface area contributed by atoms with Crippen LogP contribution in [0.5, 0.6) is 5.75 Å². The first kappa shape index (κ1) is 11.5. The summed E-state index contributed by atoms with van der Waals surface area (Å²) in [6.07, 6.45) is 1.82. The molecule has 0 aliphatic carbocycles. The van der Waals surface area contributed by atoms with Crippen molar-refractivity contribution >= 4 is 5.69 Å². The Morgan fingerprint density at radius 2 is 2.12 bits per heavy atom. The summed E-state index contributed by atoms with van der Waals surface area (Å²) in [5.74, 6) is 0.840. The van der Waals surface area contributed by atoms with Crippen LogP contribution in [0.4, 0.5) is 5.69 Å². The molecule has 0 saturated heterocycles. The molecular weight excluding hydrogens is 212 g/mol. The number of nitrogens with zero attached hydrogens (tertiary/aromatic N) is 1. The summed E-state index contributed by atoms with van der Waals surface area (Å²) in [5, 5.41) is 0. The number of benzene rings is 1. The summed E-state index contributed by atoms with van der Waals surface area (Å²) in [5.41, 5.74) is 9.51. The van der Waals surface area contributed by atoms with Crippen LogP contribution in [0.25, 0.3) is 11.3 Å². The number of aromatic nitrogens is 1. The standard InChI is InChI=1S/C14H16N2O/c1-3-17-12-6-4-5-11(8-12)14-13(15)7-10(2)9-16-14/h4-9H,3,15H2,1-2H3. The van der Waals surface area contributed by atoms with Gasteiger partial charge in [-0.25, -0.2) is 0 Å². The second-order valence-electron chi connectivity index (χ2n) is 3.91. The average Bonchev–Trinajstić information content (AvgIpc) is 2.29. The van der Waals surface area contributed by atoms with E-state index in [1.165, 1.54) is 0 Å². The van der Waals surface area contributed by atoms with Gasteiger partial charge in [0.2, 0.25) is 0 Å². The third-order valence-electron chi connectivity index (χ3n) is 2.47. The van der Waals surface area contributed by atoms with E-state index in [4.69, 9.17) is 10.5 Å². The SMILES string of the molecule is CCOc1cccc(-c2ncc(C)cc2N)c1. The smallest absolute Gasteiger partial charge is 0.119 e. The Labute approximate surface area is 101 Å². The van der Waals surface area contributed by atoms with Crippen molar-refractivity contribution in [2.24, 2.45) is 0 Å². The molecule has 1 heterocycles. The van der Waals surface area contributed by atoms with E-state index in [1.807, 2.05) is 50.4 Å². The molecule has 0 unspecified atom stereocenters. The lowest BCUT2D eigenvalue weighted by molar-refractivity contribution is 0.340. The van der Waals surface area contributed by atoms with E-state index in [1.54, 1.807) is 0 Å². The van der Waals surface area contributed by atoms with Crippen LogP contribution >= 0.6 is 0 Å². The topological polar surface area (TPSA) is 48.1 Å².